The number of furan rings is 1. The SMILES string of the molecule is C1=CC2c3ccc4c(oc5ccccc54)c3N(c3nc4c5c(cccc5n3)Oc3ccccc3-4)C2c2c1c1ccccc1n2-c1ccccc1. The van der Waals surface area contributed by atoms with Crippen molar-refractivity contribution in [2.45, 2.75) is 12.0 Å². The molecular weight excluding hydrogens is 617 g/mol. The molecule has 0 radical (unpaired) electrons. The van der Waals surface area contributed by atoms with Gasteiger partial charge in [-0.2, -0.15) is 0 Å². The van der Waals surface area contributed by atoms with Crippen molar-refractivity contribution in [1.82, 2.24) is 14.5 Å². The van der Waals surface area contributed by atoms with Crippen LogP contribution in [0, 0.1) is 0 Å². The predicted octanol–water partition coefficient (Wildman–Crippen LogP) is 11.2. The number of hydrogen-bond acceptors (Lipinski definition) is 5. The summed E-state index contributed by atoms with van der Waals surface area (Å²) in [7, 11) is 0. The molecule has 12 rings (SSSR count). The van der Waals surface area contributed by atoms with Gasteiger partial charge in [0.1, 0.15) is 17.1 Å². The number of aromatic nitrogens is 3. The highest BCUT2D eigenvalue weighted by Gasteiger charge is 2.47. The fourth-order valence-corrected chi connectivity index (χ4v) is 8.71. The standard InChI is InChI=1S/C44H26N4O2/c1-2-11-25(12-3-1)47-34-17-7-4-13-26(34)28-21-22-29-30-23-24-31-27-14-5-8-18-35(27)50-43(31)42(30)48(41(29)40(28)47)44-45-33-16-10-20-37-38(33)39(46-44)32-15-6-9-19-36(32)49-37/h1-24,29,41H. The fraction of sp³-hybridized carbons (Fsp3) is 0.0455. The van der Waals surface area contributed by atoms with Crippen LogP contribution in [0.5, 0.6) is 11.5 Å². The van der Waals surface area contributed by atoms with Crippen molar-refractivity contribution >= 4 is 61.5 Å². The Hall–Kier alpha value is -6.66. The molecular formula is C44H26N4O2. The van der Waals surface area contributed by atoms with Gasteiger partial charge < -0.3 is 13.7 Å². The lowest BCUT2D eigenvalue weighted by Gasteiger charge is -2.32. The van der Waals surface area contributed by atoms with E-state index in [9.17, 15) is 0 Å². The summed E-state index contributed by atoms with van der Waals surface area (Å²) < 4.78 is 15.6. The summed E-state index contributed by atoms with van der Waals surface area (Å²) in [6.07, 6.45) is 4.69. The molecule has 6 aromatic carbocycles. The summed E-state index contributed by atoms with van der Waals surface area (Å²) in [4.78, 5) is 13.2. The summed E-state index contributed by atoms with van der Waals surface area (Å²) >= 11 is 0. The summed E-state index contributed by atoms with van der Waals surface area (Å²) in [6.45, 7) is 0. The molecule has 1 aliphatic carbocycles. The van der Waals surface area contributed by atoms with E-state index < -0.39 is 0 Å². The quantitative estimate of drug-likeness (QED) is 0.188. The molecule has 50 heavy (non-hydrogen) atoms. The zero-order chi connectivity index (χ0) is 32.5. The number of para-hydroxylation sites is 4. The van der Waals surface area contributed by atoms with E-state index in [4.69, 9.17) is 19.1 Å². The lowest BCUT2D eigenvalue weighted by atomic mass is 9.86. The Kier molecular flexibility index (Phi) is 4.99. The van der Waals surface area contributed by atoms with Crippen molar-refractivity contribution in [2.24, 2.45) is 0 Å². The molecule has 0 saturated carbocycles. The first-order chi connectivity index (χ1) is 24.8. The van der Waals surface area contributed by atoms with Crippen LogP contribution in [0.25, 0.3) is 66.8 Å². The molecule has 0 fully saturated rings. The van der Waals surface area contributed by atoms with Crippen LogP contribution < -0.4 is 9.64 Å². The molecule has 0 spiro atoms. The van der Waals surface area contributed by atoms with Crippen molar-refractivity contribution in [3.05, 3.63) is 156 Å². The van der Waals surface area contributed by atoms with E-state index in [0.29, 0.717) is 5.95 Å². The number of benzene rings is 6. The van der Waals surface area contributed by atoms with Gasteiger partial charge in [-0.15, -0.1) is 0 Å². The maximum Gasteiger partial charge on any atom is 0.231 e. The highest BCUT2D eigenvalue weighted by molar-refractivity contribution is 6.11. The Bertz CT molecular complexity index is 2940. The van der Waals surface area contributed by atoms with Crippen LogP contribution in [0.2, 0.25) is 0 Å². The first-order valence-corrected chi connectivity index (χ1v) is 17.0. The third kappa shape index (κ3) is 3.32. The maximum absolute atomic E-state index is 6.80. The van der Waals surface area contributed by atoms with Crippen molar-refractivity contribution in [1.29, 1.82) is 0 Å². The molecule has 2 aliphatic heterocycles. The monoisotopic (exact) mass is 642 g/mol. The van der Waals surface area contributed by atoms with Gasteiger partial charge in [0.2, 0.25) is 5.95 Å². The van der Waals surface area contributed by atoms with Gasteiger partial charge in [0.15, 0.2) is 5.58 Å². The van der Waals surface area contributed by atoms with E-state index in [-0.39, 0.29) is 12.0 Å². The second kappa shape index (κ2) is 9.49. The van der Waals surface area contributed by atoms with Crippen LogP contribution in [0.3, 0.4) is 0 Å². The first-order valence-electron chi connectivity index (χ1n) is 17.0. The molecule has 6 nitrogen and oxygen atoms in total. The number of hydrogen-bond donors (Lipinski definition) is 0. The topological polar surface area (TPSA) is 56.3 Å². The Labute approximate surface area is 286 Å². The minimum absolute atomic E-state index is 0.0273. The smallest absolute Gasteiger partial charge is 0.231 e. The Morgan fingerprint density at radius 3 is 2.38 bits per heavy atom. The van der Waals surface area contributed by atoms with E-state index in [1.165, 1.54) is 27.7 Å². The molecule has 234 valence electrons. The van der Waals surface area contributed by atoms with Crippen LogP contribution >= 0.6 is 0 Å². The number of nitrogens with zero attached hydrogens (tertiary/aromatic N) is 4. The van der Waals surface area contributed by atoms with Gasteiger partial charge in [0.25, 0.3) is 0 Å². The van der Waals surface area contributed by atoms with Gasteiger partial charge in [-0.3, -0.25) is 4.90 Å². The molecule has 0 N–H and O–H groups in total. The zero-order valence-corrected chi connectivity index (χ0v) is 26.6. The van der Waals surface area contributed by atoms with Crippen molar-refractivity contribution in [3.8, 4) is 28.4 Å². The Morgan fingerprint density at radius 1 is 0.640 bits per heavy atom. The van der Waals surface area contributed by atoms with E-state index in [1.54, 1.807) is 0 Å². The van der Waals surface area contributed by atoms with Gasteiger partial charge >= 0.3 is 0 Å². The molecule has 2 atom stereocenters. The molecule has 9 aromatic rings. The minimum Gasteiger partial charge on any atom is -0.456 e. The summed E-state index contributed by atoms with van der Waals surface area (Å²) in [5.74, 6) is 2.23. The highest BCUT2D eigenvalue weighted by atomic mass is 16.5. The van der Waals surface area contributed by atoms with E-state index in [2.05, 4.69) is 119 Å². The molecule has 3 aromatic heterocycles. The second-order valence-corrected chi connectivity index (χ2v) is 13.3. The Morgan fingerprint density at radius 2 is 1.44 bits per heavy atom. The van der Waals surface area contributed by atoms with Gasteiger partial charge in [-0.25, -0.2) is 9.97 Å². The van der Waals surface area contributed by atoms with Crippen molar-refractivity contribution in [2.75, 3.05) is 4.90 Å². The maximum atomic E-state index is 6.80. The van der Waals surface area contributed by atoms with Crippen LogP contribution in [0.4, 0.5) is 11.6 Å². The number of fused-ring (bicyclic) bond motifs is 13. The van der Waals surface area contributed by atoms with Gasteiger partial charge in [0, 0.05) is 38.9 Å². The van der Waals surface area contributed by atoms with Crippen molar-refractivity contribution < 1.29 is 9.15 Å². The van der Waals surface area contributed by atoms with E-state index in [0.717, 1.165) is 67.0 Å². The summed E-state index contributed by atoms with van der Waals surface area (Å²) in [6, 6.07) is 46.3. The van der Waals surface area contributed by atoms with Crippen LogP contribution in [-0.4, -0.2) is 14.5 Å². The average Bonchev–Trinajstić information content (AvgIpc) is 3.83. The third-order valence-corrected chi connectivity index (χ3v) is 10.7. The van der Waals surface area contributed by atoms with Crippen LogP contribution in [0.15, 0.2) is 144 Å². The molecule has 5 heterocycles. The number of rotatable bonds is 2. The molecule has 0 bridgehead atoms. The lowest BCUT2D eigenvalue weighted by molar-refractivity contribution is 0.486. The molecule has 3 aliphatic rings. The van der Waals surface area contributed by atoms with E-state index in [1.807, 2.05) is 36.4 Å². The van der Waals surface area contributed by atoms with Crippen molar-refractivity contribution in [3.63, 3.8) is 0 Å². The Balaban J connectivity index is 1.22. The molecule has 0 amide bonds. The minimum atomic E-state index is -0.153. The molecule has 0 saturated heterocycles. The number of anilines is 2. The van der Waals surface area contributed by atoms with E-state index >= 15 is 0 Å². The third-order valence-electron chi connectivity index (χ3n) is 10.7. The summed E-state index contributed by atoms with van der Waals surface area (Å²) in [5, 5.41) is 4.32. The largest absolute Gasteiger partial charge is 0.456 e. The van der Waals surface area contributed by atoms with Gasteiger partial charge in [0.05, 0.1) is 39.5 Å². The van der Waals surface area contributed by atoms with Crippen LogP contribution in [-0.2, 0) is 0 Å². The fourth-order valence-electron chi connectivity index (χ4n) is 8.71. The summed E-state index contributed by atoms with van der Waals surface area (Å²) in [5.41, 5.74) is 11.3. The number of ether oxygens (including phenoxy) is 1. The normalized spacial score (nSPS) is 16.8. The van der Waals surface area contributed by atoms with Gasteiger partial charge in [-0.1, -0.05) is 97.1 Å². The first kappa shape index (κ1) is 26.3. The second-order valence-electron chi connectivity index (χ2n) is 13.3. The lowest BCUT2D eigenvalue weighted by Crippen LogP contribution is -2.27. The molecule has 2 unspecified atom stereocenters. The average molecular weight is 643 g/mol. The molecule has 6 heteroatoms. The van der Waals surface area contributed by atoms with Gasteiger partial charge in [-0.05, 0) is 54.1 Å². The zero-order valence-electron chi connectivity index (χ0n) is 26.6. The predicted molar refractivity (Wildman–Crippen MR) is 199 cm³/mol. The highest BCUT2D eigenvalue weighted by Crippen LogP contribution is 2.60. The van der Waals surface area contributed by atoms with Crippen LogP contribution in [0.1, 0.15) is 28.8 Å².